The highest BCUT2D eigenvalue weighted by molar-refractivity contribution is 4.66. The summed E-state index contributed by atoms with van der Waals surface area (Å²) in [6, 6.07) is 0. The van der Waals surface area contributed by atoms with E-state index >= 15 is 0 Å². The molecule has 2 unspecified atom stereocenters. The van der Waals surface area contributed by atoms with Crippen LogP contribution >= 0.6 is 0 Å². The fourth-order valence-corrected chi connectivity index (χ4v) is 1.12. The Morgan fingerprint density at radius 3 is 2.80 bits per heavy atom. The maximum atomic E-state index is 9.14. The second-order valence-corrected chi connectivity index (χ2v) is 2.70. The molecule has 0 aliphatic carbocycles. The number of rotatable bonds is 1. The Labute approximate surface area is 60.6 Å². The van der Waals surface area contributed by atoms with Crippen molar-refractivity contribution in [2.75, 3.05) is 13.2 Å². The Bertz CT molecular complexity index is 94.9. The van der Waals surface area contributed by atoms with Crippen LogP contribution in [-0.2, 0) is 4.74 Å². The van der Waals surface area contributed by atoms with E-state index in [-0.39, 0.29) is 18.8 Å². The molecule has 1 saturated heterocycles. The Kier molecular flexibility index (Phi) is 3.12. The molecule has 0 spiro atoms. The SMILES string of the molecule is OCC1CCC(O)CCO1. The van der Waals surface area contributed by atoms with Crippen LogP contribution in [0.4, 0.5) is 0 Å². The van der Waals surface area contributed by atoms with E-state index in [0.29, 0.717) is 13.0 Å². The van der Waals surface area contributed by atoms with Crippen LogP contribution in [0.5, 0.6) is 0 Å². The fraction of sp³-hybridized carbons (Fsp3) is 1.00. The van der Waals surface area contributed by atoms with E-state index in [4.69, 9.17) is 14.9 Å². The van der Waals surface area contributed by atoms with Crippen molar-refractivity contribution in [2.24, 2.45) is 0 Å². The van der Waals surface area contributed by atoms with E-state index in [1.165, 1.54) is 0 Å². The molecule has 1 aliphatic heterocycles. The van der Waals surface area contributed by atoms with Gasteiger partial charge in [0.2, 0.25) is 0 Å². The fourth-order valence-electron chi connectivity index (χ4n) is 1.12. The maximum Gasteiger partial charge on any atom is 0.0806 e. The van der Waals surface area contributed by atoms with Gasteiger partial charge in [0.15, 0.2) is 0 Å². The topological polar surface area (TPSA) is 49.7 Å². The van der Waals surface area contributed by atoms with Crippen molar-refractivity contribution < 1.29 is 14.9 Å². The minimum absolute atomic E-state index is 0.0443. The van der Waals surface area contributed by atoms with Crippen molar-refractivity contribution in [1.29, 1.82) is 0 Å². The largest absolute Gasteiger partial charge is 0.394 e. The van der Waals surface area contributed by atoms with Crippen LogP contribution in [-0.4, -0.2) is 35.6 Å². The molecular formula is C7H14O3. The predicted octanol–water partition coefficient (Wildman–Crippen LogP) is -0.0913. The highest BCUT2D eigenvalue weighted by Crippen LogP contribution is 2.12. The highest BCUT2D eigenvalue weighted by Gasteiger charge is 2.15. The van der Waals surface area contributed by atoms with E-state index in [9.17, 15) is 0 Å². The second kappa shape index (κ2) is 3.91. The molecule has 2 N–H and O–H groups in total. The number of ether oxygens (including phenoxy) is 1. The minimum atomic E-state index is -0.225. The zero-order valence-corrected chi connectivity index (χ0v) is 5.99. The summed E-state index contributed by atoms with van der Waals surface area (Å²) < 4.78 is 5.21. The van der Waals surface area contributed by atoms with Crippen molar-refractivity contribution in [3.63, 3.8) is 0 Å². The molecule has 60 valence electrons. The normalized spacial score (nSPS) is 35.4. The van der Waals surface area contributed by atoms with Gasteiger partial charge in [-0.25, -0.2) is 0 Å². The zero-order chi connectivity index (χ0) is 7.40. The monoisotopic (exact) mass is 146 g/mol. The summed E-state index contributed by atoms with van der Waals surface area (Å²) in [6.07, 6.45) is 1.97. The smallest absolute Gasteiger partial charge is 0.0806 e. The number of hydrogen-bond donors (Lipinski definition) is 2. The first-order valence-corrected chi connectivity index (χ1v) is 3.73. The third-order valence-electron chi connectivity index (χ3n) is 1.83. The second-order valence-electron chi connectivity index (χ2n) is 2.70. The summed E-state index contributed by atoms with van der Waals surface area (Å²) in [5, 5.41) is 17.8. The molecule has 0 radical (unpaired) electrons. The zero-order valence-electron chi connectivity index (χ0n) is 5.99. The van der Waals surface area contributed by atoms with E-state index in [0.717, 1.165) is 12.8 Å². The lowest BCUT2D eigenvalue weighted by Crippen LogP contribution is -2.15. The van der Waals surface area contributed by atoms with E-state index in [1.54, 1.807) is 0 Å². The molecule has 0 saturated carbocycles. The maximum absolute atomic E-state index is 9.14. The molecule has 0 aromatic carbocycles. The van der Waals surface area contributed by atoms with Crippen LogP contribution < -0.4 is 0 Å². The van der Waals surface area contributed by atoms with Crippen LogP contribution in [0, 0.1) is 0 Å². The van der Waals surface area contributed by atoms with Crippen LogP contribution in [0.1, 0.15) is 19.3 Å². The molecule has 3 heteroatoms. The van der Waals surface area contributed by atoms with Gasteiger partial charge in [-0.3, -0.25) is 0 Å². The summed E-state index contributed by atoms with van der Waals surface area (Å²) in [5.74, 6) is 0. The standard InChI is InChI=1S/C7H14O3/c8-5-7-2-1-6(9)3-4-10-7/h6-9H,1-5H2. The minimum Gasteiger partial charge on any atom is -0.394 e. The summed E-state index contributed by atoms with van der Waals surface area (Å²) >= 11 is 0. The molecule has 1 aliphatic rings. The van der Waals surface area contributed by atoms with Crippen LogP contribution in [0.2, 0.25) is 0 Å². The van der Waals surface area contributed by atoms with Gasteiger partial charge in [-0.15, -0.1) is 0 Å². The Balaban J connectivity index is 2.26. The Hall–Kier alpha value is -0.120. The molecule has 0 aromatic heterocycles. The molecular weight excluding hydrogens is 132 g/mol. The molecule has 2 atom stereocenters. The lowest BCUT2D eigenvalue weighted by Gasteiger charge is -2.09. The summed E-state index contributed by atoms with van der Waals surface area (Å²) in [6.45, 7) is 0.652. The van der Waals surface area contributed by atoms with Crippen LogP contribution in [0.25, 0.3) is 0 Å². The third kappa shape index (κ3) is 2.25. The highest BCUT2D eigenvalue weighted by atomic mass is 16.5. The van der Waals surface area contributed by atoms with Gasteiger partial charge in [0, 0.05) is 6.61 Å². The van der Waals surface area contributed by atoms with Gasteiger partial charge in [0.25, 0.3) is 0 Å². The van der Waals surface area contributed by atoms with Crippen LogP contribution in [0.15, 0.2) is 0 Å². The molecule has 1 fully saturated rings. The molecule has 1 rings (SSSR count). The number of hydrogen-bond acceptors (Lipinski definition) is 3. The number of aliphatic hydroxyl groups excluding tert-OH is 2. The van der Waals surface area contributed by atoms with Crippen LogP contribution in [0.3, 0.4) is 0 Å². The first-order chi connectivity index (χ1) is 4.83. The van der Waals surface area contributed by atoms with Crippen molar-refractivity contribution in [1.82, 2.24) is 0 Å². The lowest BCUT2D eigenvalue weighted by molar-refractivity contribution is 0.0159. The van der Waals surface area contributed by atoms with Gasteiger partial charge in [-0.1, -0.05) is 0 Å². The van der Waals surface area contributed by atoms with Crippen molar-refractivity contribution >= 4 is 0 Å². The quantitative estimate of drug-likeness (QED) is 0.543. The number of aliphatic hydroxyl groups is 2. The average molecular weight is 146 g/mol. The van der Waals surface area contributed by atoms with E-state index in [1.807, 2.05) is 0 Å². The van der Waals surface area contributed by atoms with Gasteiger partial charge >= 0.3 is 0 Å². The molecule has 3 nitrogen and oxygen atoms in total. The summed E-state index contributed by atoms with van der Waals surface area (Å²) in [5.41, 5.74) is 0. The summed E-state index contributed by atoms with van der Waals surface area (Å²) in [4.78, 5) is 0. The predicted molar refractivity (Wildman–Crippen MR) is 36.7 cm³/mol. The van der Waals surface area contributed by atoms with E-state index < -0.39 is 0 Å². The Morgan fingerprint density at radius 1 is 1.30 bits per heavy atom. The molecule has 0 amide bonds. The summed E-state index contributed by atoms with van der Waals surface area (Å²) in [7, 11) is 0. The third-order valence-corrected chi connectivity index (χ3v) is 1.83. The van der Waals surface area contributed by atoms with Crippen molar-refractivity contribution in [2.45, 2.75) is 31.5 Å². The average Bonchev–Trinajstić information content (AvgIpc) is 2.14. The van der Waals surface area contributed by atoms with Gasteiger partial charge in [0.1, 0.15) is 0 Å². The van der Waals surface area contributed by atoms with Gasteiger partial charge in [0.05, 0.1) is 18.8 Å². The molecule has 0 bridgehead atoms. The molecule has 0 aromatic rings. The molecule has 1 heterocycles. The lowest BCUT2D eigenvalue weighted by atomic mass is 10.1. The van der Waals surface area contributed by atoms with Crippen molar-refractivity contribution in [3.05, 3.63) is 0 Å². The Morgan fingerprint density at radius 2 is 2.10 bits per heavy atom. The first-order valence-electron chi connectivity index (χ1n) is 3.73. The van der Waals surface area contributed by atoms with Gasteiger partial charge in [-0.05, 0) is 19.3 Å². The first kappa shape index (κ1) is 7.98. The van der Waals surface area contributed by atoms with Gasteiger partial charge < -0.3 is 14.9 Å². The van der Waals surface area contributed by atoms with E-state index in [2.05, 4.69) is 0 Å². The molecule has 10 heavy (non-hydrogen) atoms. The van der Waals surface area contributed by atoms with Gasteiger partial charge in [-0.2, -0.15) is 0 Å². The van der Waals surface area contributed by atoms with Crippen molar-refractivity contribution in [3.8, 4) is 0 Å².